The molecule has 0 aliphatic rings. The highest BCUT2D eigenvalue weighted by Gasteiger charge is 2.22. The van der Waals surface area contributed by atoms with Crippen LogP contribution in [0.4, 0.5) is 17.1 Å². The molecule has 8 aromatic carbocycles. The number of hydrogen-bond donors (Lipinski definition) is 0. The standard InChI is InChI=1S/C46H31NO/c1-3-12-32(13-4-1)33-22-24-34(25-23-33)35-26-28-38(29-27-35)47(37-16-5-2-6-17-37)43-31-30-41(40-20-11-15-36-14-7-8-18-39(36)40)46-45(43)42-19-9-10-21-44(42)48-46/h1-31H. The summed E-state index contributed by atoms with van der Waals surface area (Å²) in [6.45, 7) is 0. The van der Waals surface area contributed by atoms with Crippen molar-refractivity contribution in [1.82, 2.24) is 0 Å². The molecule has 0 unspecified atom stereocenters. The van der Waals surface area contributed by atoms with Crippen LogP contribution < -0.4 is 4.90 Å². The van der Waals surface area contributed by atoms with Gasteiger partial charge in [-0.05, 0) is 81.1 Å². The lowest BCUT2D eigenvalue weighted by molar-refractivity contribution is 0.670. The molecule has 0 saturated heterocycles. The van der Waals surface area contributed by atoms with E-state index >= 15 is 0 Å². The first kappa shape index (κ1) is 27.9. The smallest absolute Gasteiger partial charge is 0.145 e. The van der Waals surface area contributed by atoms with Crippen LogP contribution in [0.15, 0.2) is 192 Å². The molecular weight excluding hydrogens is 583 g/mol. The molecule has 1 heterocycles. The maximum Gasteiger partial charge on any atom is 0.145 e. The van der Waals surface area contributed by atoms with Crippen LogP contribution in [0, 0.1) is 0 Å². The van der Waals surface area contributed by atoms with E-state index in [0.29, 0.717) is 0 Å². The van der Waals surface area contributed by atoms with Gasteiger partial charge in [0.25, 0.3) is 0 Å². The Morgan fingerprint density at radius 1 is 0.354 bits per heavy atom. The molecule has 226 valence electrons. The average molecular weight is 614 g/mol. The Bertz CT molecular complexity index is 2530. The van der Waals surface area contributed by atoms with Crippen LogP contribution in [0.5, 0.6) is 0 Å². The van der Waals surface area contributed by atoms with Crippen molar-refractivity contribution in [3.63, 3.8) is 0 Å². The number of hydrogen-bond acceptors (Lipinski definition) is 2. The summed E-state index contributed by atoms with van der Waals surface area (Å²) in [4.78, 5) is 2.35. The molecule has 0 amide bonds. The van der Waals surface area contributed by atoms with Crippen molar-refractivity contribution in [3.05, 3.63) is 188 Å². The van der Waals surface area contributed by atoms with Crippen LogP contribution in [-0.4, -0.2) is 0 Å². The lowest BCUT2D eigenvalue weighted by Gasteiger charge is -2.27. The monoisotopic (exact) mass is 613 g/mol. The first-order chi connectivity index (χ1) is 23.8. The minimum absolute atomic E-state index is 0.878. The van der Waals surface area contributed by atoms with Crippen molar-refractivity contribution in [2.45, 2.75) is 0 Å². The highest BCUT2D eigenvalue weighted by atomic mass is 16.3. The summed E-state index contributed by atoms with van der Waals surface area (Å²) in [6, 6.07) is 66.7. The van der Waals surface area contributed by atoms with Gasteiger partial charge in [-0.25, -0.2) is 0 Å². The Morgan fingerprint density at radius 3 is 1.62 bits per heavy atom. The van der Waals surface area contributed by atoms with Gasteiger partial charge in [-0.1, -0.05) is 146 Å². The van der Waals surface area contributed by atoms with Gasteiger partial charge in [-0.2, -0.15) is 0 Å². The summed E-state index contributed by atoms with van der Waals surface area (Å²) in [5, 5.41) is 4.62. The van der Waals surface area contributed by atoms with Gasteiger partial charge < -0.3 is 9.32 Å². The number of benzene rings is 8. The first-order valence-electron chi connectivity index (χ1n) is 16.4. The van der Waals surface area contributed by atoms with E-state index in [1.54, 1.807) is 0 Å². The van der Waals surface area contributed by atoms with Crippen molar-refractivity contribution >= 4 is 49.8 Å². The van der Waals surface area contributed by atoms with Gasteiger partial charge in [0.1, 0.15) is 11.2 Å². The van der Waals surface area contributed by atoms with Gasteiger partial charge in [0.05, 0.1) is 11.1 Å². The van der Waals surface area contributed by atoms with Gasteiger partial charge in [-0.15, -0.1) is 0 Å². The Balaban J connectivity index is 1.20. The van der Waals surface area contributed by atoms with Gasteiger partial charge in [0, 0.05) is 22.3 Å². The highest BCUT2D eigenvalue weighted by Crippen LogP contribution is 2.47. The SMILES string of the molecule is c1ccc(-c2ccc(-c3ccc(N(c4ccccc4)c4ccc(-c5cccc6ccccc56)c5oc6ccccc6c45)cc3)cc2)cc1. The van der Waals surface area contributed by atoms with Crippen molar-refractivity contribution in [1.29, 1.82) is 0 Å². The van der Waals surface area contributed by atoms with Crippen molar-refractivity contribution in [2.24, 2.45) is 0 Å². The number of fused-ring (bicyclic) bond motifs is 4. The second kappa shape index (κ2) is 11.8. The average Bonchev–Trinajstić information content (AvgIpc) is 3.56. The zero-order valence-electron chi connectivity index (χ0n) is 26.3. The Kier molecular flexibility index (Phi) is 6.84. The molecule has 1 aromatic heterocycles. The maximum absolute atomic E-state index is 6.74. The second-order valence-electron chi connectivity index (χ2n) is 12.1. The van der Waals surface area contributed by atoms with E-state index in [-0.39, 0.29) is 0 Å². The van der Waals surface area contributed by atoms with E-state index in [4.69, 9.17) is 4.42 Å². The third-order valence-corrected chi connectivity index (χ3v) is 9.29. The molecule has 0 saturated carbocycles. The molecular formula is C46H31NO. The Hall–Kier alpha value is -6.38. The summed E-state index contributed by atoms with van der Waals surface area (Å²) in [5.41, 5.74) is 12.1. The molecule has 0 aliphatic carbocycles. The zero-order valence-corrected chi connectivity index (χ0v) is 26.3. The highest BCUT2D eigenvalue weighted by molar-refractivity contribution is 6.18. The predicted molar refractivity (Wildman–Crippen MR) is 202 cm³/mol. The number of furan rings is 1. The van der Waals surface area contributed by atoms with Crippen LogP contribution in [0.25, 0.3) is 66.1 Å². The Labute approximate surface area is 279 Å². The lowest BCUT2D eigenvalue weighted by atomic mass is 9.95. The van der Waals surface area contributed by atoms with Crippen LogP contribution in [0.3, 0.4) is 0 Å². The van der Waals surface area contributed by atoms with Crippen LogP contribution in [-0.2, 0) is 0 Å². The molecule has 2 nitrogen and oxygen atoms in total. The number of nitrogens with zero attached hydrogens (tertiary/aromatic N) is 1. The van der Waals surface area contributed by atoms with E-state index in [1.807, 2.05) is 6.07 Å². The minimum Gasteiger partial charge on any atom is -0.455 e. The van der Waals surface area contributed by atoms with E-state index in [2.05, 4.69) is 187 Å². The number of rotatable bonds is 6. The molecule has 0 bridgehead atoms. The fraction of sp³-hybridized carbons (Fsp3) is 0. The summed E-state index contributed by atoms with van der Waals surface area (Å²) < 4.78 is 6.74. The molecule has 0 spiro atoms. The molecule has 0 aliphatic heterocycles. The largest absolute Gasteiger partial charge is 0.455 e. The van der Waals surface area contributed by atoms with Crippen LogP contribution in [0.2, 0.25) is 0 Å². The first-order valence-corrected chi connectivity index (χ1v) is 16.4. The molecule has 48 heavy (non-hydrogen) atoms. The normalized spacial score (nSPS) is 11.3. The van der Waals surface area contributed by atoms with Crippen molar-refractivity contribution in [3.8, 4) is 33.4 Å². The third kappa shape index (κ3) is 4.83. The van der Waals surface area contributed by atoms with Crippen molar-refractivity contribution in [2.75, 3.05) is 4.90 Å². The van der Waals surface area contributed by atoms with E-state index in [1.165, 1.54) is 33.0 Å². The predicted octanol–water partition coefficient (Wildman–Crippen LogP) is 13.2. The number of para-hydroxylation sites is 2. The molecule has 0 radical (unpaired) electrons. The quantitative estimate of drug-likeness (QED) is 0.185. The fourth-order valence-electron chi connectivity index (χ4n) is 6.96. The van der Waals surface area contributed by atoms with Crippen molar-refractivity contribution < 1.29 is 4.42 Å². The van der Waals surface area contributed by atoms with Crippen LogP contribution in [0.1, 0.15) is 0 Å². The second-order valence-corrected chi connectivity index (χ2v) is 12.1. The lowest BCUT2D eigenvalue weighted by Crippen LogP contribution is -2.10. The van der Waals surface area contributed by atoms with Crippen LogP contribution >= 0.6 is 0 Å². The summed E-state index contributed by atoms with van der Waals surface area (Å²) in [5.74, 6) is 0. The molecule has 9 aromatic rings. The van der Waals surface area contributed by atoms with Gasteiger partial charge in [0.2, 0.25) is 0 Å². The van der Waals surface area contributed by atoms with Gasteiger partial charge >= 0.3 is 0 Å². The molecule has 0 N–H and O–H groups in total. The molecule has 0 atom stereocenters. The summed E-state index contributed by atoms with van der Waals surface area (Å²) in [7, 11) is 0. The third-order valence-electron chi connectivity index (χ3n) is 9.29. The zero-order chi connectivity index (χ0) is 31.9. The van der Waals surface area contributed by atoms with Gasteiger partial charge in [-0.3, -0.25) is 0 Å². The Morgan fingerprint density at radius 2 is 0.896 bits per heavy atom. The summed E-state index contributed by atoms with van der Waals surface area (Å²) in [6.07, 6.45) is 0. The summed E-state index contributed by atoms with van der Waals surface area (Å²) >= 11 is 0. The van der Waals surface area contributed by atoms with E-state index < -0.39 is 0 Å². The topological polar surface area (TPSA) is 16.4 Å². The molecule has 2 heteroatoms. The maximum atomic E-state index is 6.74. The van der Waals surface area contributed by atoms with E-state index in [0.717, 1.165) is 50.1 Å². The number of anilines is 3. The van der Waals surface area contributed by atoms with E-state index in [9.17, 15) is 0 Å². The fourth-order valence-corrected chi connectivity index (χ4v) is 6.96. The van der Waals surface area contributed by atoms with Gasteiger partial charge in [0.15, 0.2) is 0 Å². The molecule has 9 rings (SSSR count). The molecule has 0 fully saturated rings. The minimum atomic E-state index is 0.878.